The summed E-state index contributed by atoms with van der Waals surface area (Å²) in [5.41, 5.74) is 14.9. The Labute approximate surface area is 212 Å². The zero-order chi connectivity index (χ0) is 24.6. The van der Waals surface area contributed by atoms with E-state index in [0.29, 0.717) is 17.3 Å². The van der Waals surface area contributed by atoms with Crippen LogP contribution in [0.3, 0.4) is 0 Å². The molecule has 0 radical (unpaired) electrons. The lowest BCUT2D eigenvalue weighted by Crippen LogP contribution is -2.40. The van der Waals surface area contributed by atoms with Gasteiger partial charge in [0.15, 0.2) is 5.82 Å². The first-order valence-corrected chi connectivity index (χ1v) is 12.2. The number of methoxy groups -OCH3 is 1. The van der Waals surface area contributed by atoms with Gasteiger partial charge in [-0.15, -0.1) is 0 Å². The van der Waals surface area contributed by atoms with Gasteiger partial charge in [0.05, 0.1) is 16.4 Å². The Morgan fingerprint density at radius 2 is 1.97 bits per heavy atom. The molecule has 0 atom stereocenters. The highest BCUT2D eigenvalue weighted by molar-refractivity contribution is 14.1. The number of anilines is 3. The Morgan fingerprint density at radius 1 is 1.26 bits per heavy atom. The number of nitrogens with two attached hydrogens (primary N) is 2. The molecule has 4 rings (SSSR count). The molecular formula is C23H30IN7O3. The van der Waals surface area contributed by atoms with Crippen molar-refractivity contribution < 1.29 is 14.3 Å². The molecule has 0 unspecified atom stereocenters. The van der Waals surface area contributed by atoms with Crippen molar-refractivity contribution in [1.82, 2.24) is 14.6 Å². The zero-order valence-electron chi connectivity index (χ0n) is 19.8. The lowest BCUT2D eigenvalue weighted by atomic mass is 10.0. The van der Waals surface area contributed by atoms with Crippen LogP contribution >= 0.6 is 22.6 Å². The first kappa shape index (κ1) is 24.3. The number of amides is 1. The van der Waals surface area contributed by atoms with Crippen molar-refractivity contribution in [3.63, 3.8) is 0 Å². The van der Waals surface area contributed by atoms with Gasteiger partial charge in [-0.05, 0) is 73.9 Å². The minimum atomic E-state index is -0.606. The van der Waals surface area contributed by atoms with Crippen molar-refractivity contribution >= 4 is 51.5 Å². The highest BCUT2D eigenvalue weighted by Gasteiger charge is 2.28. The second-order valence-corrected chi connectivity index (χ2v) is 10.4. The van der Waals surface area contributed by atoms with Gasteiger partial charge in [0.2, 0.25) is 0 Å². The minimum Gasteiger partial charge on any atom is -0.495 e. The maximum Gasteiger partial charge on any atom is 0.412 e. The van der Waals surface area contributed by atoms with E-state index in [9.17, 15) is 4.79 Å². The van der Waals surface area contributed by atoms with E-state index in [-0.39, 0.29) is 6.04 Å². The Hall–Kier alpha value is -2.80. The second-order valence-electron chi connectivity index (χ2n) is 9.28. The molecule has 1 aromatic carbocycles. The quantitative estimate of drug-likeness (QED) is 0.397. The van der Waals surface area contributed by atoms with E-state index in [0.717, 1.165) is 52.0 Å². The lowest BCUT2D eigenvalue weighted by molar-refractivity contribution is 0.0635. The fourth-order valence-electron chi connectivity index (χ4n) is 4.08. The summed E-state index contributed by atoms with van der Waals surface area (Å²) in [6.45, 7) is 7.12. The molecule has 1 amide bonds. The minimum absolute atomic E-state index is 0.216. The van der Waals surface area contributed by atoms with Gasteiger partial charge in [0.1, 0.15) is 29.0 Å². The third-order valence-electron chi connectivity index (χ3n) is 5.64. The van der Waals surface area contributed by atoms with Gasteiger partial charge in [0.25, 0.3) is 0 Å². The molecule has 1 saturated heterocycles. The maximum absolute atomic E-state index is 12.3. The van der Waals surface area contributed by atoms with E-state index in [1.165, 1.54) is 6.33 Å². The third kappa shape index (κ3) is 4.85. The van der Waals surface area contributed by atoms with Gasteiger partial charge in [-0.1, -0.05) is 6.07 Å². The second kappa shape index (κ2) is 9.45. The topological polar surface area (TPSA) is 133 Å². The number of nitrogens with zero attached hydrogens (tertiary/aromatic N) is 4. The van der Waals surface area contributed by atoms with Crippen LogP contribution in [0.15, 0.2) is 24.5 Å². The van der Waals surface area contributed by atoms with Crippen molar-refractivity contribution in [2.24, 2.45) is 5.73 Å². The zero-order valence-corrected chi connectivity index (χ0v) is 21.9. The van der Waals surface area contributed by atoms with Crippen LogP contribution < -0.4 is 26.4 Å². The van der Waals surface area contributed by atoms with Gasteiger partial charge in [-0.25, -0.2) is 14.3 Å². The fourth-order valence-corrected chi connectivity index (χ4v) is 5.22. The van der Waals surface area contributed by atoms with Crippen molar-refractivity contribution in [2.75, 3.05) is 36.1 Å². The van der Waals surface area contributed by atoms with E-state index < -0.39 is 11.7 Å². The molecule has 3 aromatic rings. The van der Waals surface area contributed by atoms with E-state index in [4.69, 9.17) is 20.9 Å². The number of nitrogen functional groups attached to an aromatic ring is 1. The number of rotatable bonds is 4. The number of halogens is 1. The number of piperidine rings is 1. The largest absolute Gasteiger partial charge is 0.495 e. The molecule has 0 saturated carbocycles. The summed E-state index contributed by atoms with van der Waals surface area (Å²) in [6, 6.07) is 5.78. The van der Waals surface area contributed by atoms with Gasteiger partial charge >= 0.3 is 6.09 Å². The smallest absolute Gasteiger partial charge is 0.412 e. The standard InChI is InChI=1S/C23H30IN7O3/c1-23(2,3)34-22(32)29-15-6-5-13(11-16(15)33-4)17-18(24)21(30-9-7-14(25)8-10-30)31-19(17)20(26)27-12-28-31/h5-6,11-12,14H,7-10,25H2,1-4H3,(H,29,32)(H2,26,27,28). The van der Waals surface area contributed by atoms with Crippen molar-refractivity contribution in [3.8, 4) is 16.9 Å². The number of fused-ring (bicyclic) bond motifs is 1. The summed E-state index contributed by atoms with van der Waals surface area (Å²) in [7, 11) is 1.56. The Bertz CT molecular complexity index is 1210. The van der Waals surface area contributed by atoms with Crippen LogP contribution in [0.25, 0.3) is 16.6 Å². The fraction of sp³-hybridized carbons (Fsp3) is 0.435. The molecule has 0 bridgehead atoms. The molecule has 1 fully saturated rings. The van der Waals surface area contributed by atoms with E-state index in [2.05, 4.69) is 42.9 Å². The van der Waals surface area contributed by atoms with Crippen LogP contribution in [0.2, 0.25) is 0 Å². The van der Waals surface area contributed by atoms with E-state index >= 15 is 0 Å². The highest BCUT2D eigenvalue weighted by Crippen LogP contribution is 2.42. The number of nitrogens with one attached hydrogen (secondary N) is 1. The van der Waals surface area contributed by atoms with Gasteiger partial charge in [-0.3, -0.25) is 5.32 Å². The molecule has 0 spiro atoms. The summed E-state index contributed by atoms with van der Waals surface area (Å²) in [6.07, 6.45) is 2.75. The average Bonchev–Trinajstić information content (AvgIpc) is 3.06. The highest BCUT2D eigenvalue weighted by atomic mass is 127. The number of aromatic nitrogens is 3. The van der Waals surface area contributed by atoms with Crippen LogP contribution in [0.4, 0.5) is 22.1 Å². The first-order chi connectivity index (χ1) is 16.1. The number of hydrogen-bond donors (Lipinski definition) is 3. The molecule has 2 aromatic heterocycles. The SMILES string of the molecule is COc1cc(-c2c(I)c(N3CCC(N)CC3)n3ncnc(N)c23)ccc1NC(=O)OC(C)(C)C. The molecule has 10 nitrogen and oxygen atoms in total. The summed E-state index contributed by atoms with van der Waals surface area (Å²) in [5, 5.41) is 7.28. The average molecular weight is 579 g/mol. The Kier molecular flexibility index (Phi) is 6.76. The molecule has 182 valence electrons. The molecule has 0 aliphatic carbocycles. The molecule has 3 heterocycles. The molecule has 34 heavy (non-hydrogen) atoms. The Balaban J connectivity index is 1.78. The van der Waals surface area contributed by atoms with Crippen LogP contribution in [0, 0.1) is 3.57 Å². The first-order valence-electron chi connectivity index (χ1n) is 11.1. The van der Waals surface area contributed by atoms with Crippen molar-refractivity contribution in [1.29, 1.82) is 0 Å². The van der Waals surface area contributed by atoms with Gasteiger partial charge in [-0.2, -0.15) is 5.10 Å². The van der Waals surface area contributed by atoms with Crippen molar-refractivity contribution in [2.45, 2.75) is 45.3 Å². The number of carbonyl (C=O) groups is 1. The predicted octanol–water partition coefficient (Wildman–Crippen LogP) is 3.87. The normalized spacial score (nSPS) is 14.9. The molecule has 1 aliphatic rings. The summed E-state index contributed by atoms with van der Waals surface area (Å²) < 4.78 is 13.8. The third-order valence-corrected chi connectivity index (χ3v) is 6.66. The summed E-state index contributed by atoms with van der Waals surface area (Å²) in [5.74, 6) is 1.86. The number of hydrogen-bond acceptors (Lipinski definition) is 8. The maximum atomic E-state index is 12.3. The lowest BCUT2D eigenvalue weighted by Gasteiger charge is -2.31. The van der Waals surface area contributed by atoms with Gasteiger partial charge in [0, 0.05) is 24.7 Å². The Morgan fingerprint density at radius 3 is 2.62 bits per heavy atom. The van der Waals surface area contributed by atoms with Crippen LogP contribution in [0.5, 0.6) is 5.75 Å². The molecule has 5 N–H and O–H groups in total. The van der Waals surface area contributed by atoms with E-state index in [1.807, 2.05) is 37.4 Å². The summed E-state index contributed by atoms with van der Waals surface area (Å²) >= 11 is 2.34. The molecular weight excluding hydrogens is 549 g/mol. The van der Waals surface area contributed by atoms with Crippen LogP contribution in [0.1, 0.15) is 33.6 Å². The number of benzene rings is 1. The van der Waals surface area contributed by atoms with E-state index in [1.54, 1.807) is 13.2 Å². The molecule has 1 aliphatic heterocycles. The van der Waals surface area contributed by atoms with Crippen LogP contribution in [-0.4, -0.2) is 52.5 Å². The number of ether oxygens (including phenoxy) is 2. The molecule has 11 heteroatoms. The number of carbonyl (C=O) groups excluding carboxylic acids is 1. The van der Waals surface area contributed by atoms with Crippen LogP contribution in [-0.2, 0) is 4.74 Å². The van der Waals surface area contributed by atoms with Crippen molar-refractivity contribution in [3.05, 3.63) is 28.1 Å². The van der Waals surface area contributed by atoms with Gasteiger partial charge < -0.3 is 25.8 Å². The predicted molar refractivity (Wildman–Crippen MR) is 141 cm³/mol. The monoisotopic (exact) mass is 579 g/mol. The summed E-state index contributed by atoms with van der Waals surface area (Å²) in [4.78, 5) is 18.8.